The predicted molar refractivity (Wildman–Crippen MR) is 127 cm³/mol. The summed E-state index contributed by atoms with van der Waals surface area (Å²) < 4.78 is 15.9. The Morgan fingerprint density at radius 1 is 0.848 bits per heavy atom. The average molecular weight is 447 g/mol. The van der Waals surface area contributed by atoms with Gasteiger partial charge in [-0.25, -0.2) is 5.43 Å². The van der Waals surface area contributed by atoms with Crippen LogP contribution in [0.5, 0.6) is 17.2 Å². The number of carbonyl (C=O) groups excluding carboxylic acids is 2. The number of aryl methyl sites for hydroxylation is 1. The number of carbonyl (C=O) groups is 2. The monoisotopic (exact) mass is 447 g/mol. The maximum absolute atomic E-state index is 12.5. The third-order valence-electron chi connectivity index (χ3n) is 4.84. The number of amides is 2. The number of nitrogens with zero attached hydrogens (tertiary/aromatic N) is 1. The van der Waals surface area contributed by atoms with Gasteiger partial charge in [0, 0.05) is 22.4 Å². The molecule has 0 unspecified atom stereocenters. The van der Waals surface area contributed by atoms with E-state index >= 15 is 0 Å². The summed E-state index contributed by atoms with van der Waals surface area (Å²) in [5, 5.41) is 6.83. The van der Waals surface area contributed by atoms with Crippen molar-refractivity contribution in [2.45, 2.75) is 6.92 Å². The molecule has 33 heavy (non-hydrogen) atoms. The first kappa shape index (κ1) is 23.3. The van der Waals surface area contributed by atoms with Crippen molar-refractivity contribution in [2.24, 2.45) is 5.10 Å². The van der Waals surface area contributed by atoms with Crippen LogP contribution in [-0.4, -0.2) is 39.4 Å². The fourth-order valence-electron chi connectivity index (χ4n) is 3.17. The summed E-state index contributed by atoms with van der Waals surface area (Å²) >= 11 is 0. The quantitative estimate of drug-likeness (QED) is 0.401. The highest BCUT2D eigenvalue weighted by Gasteiger charge is 2.13. The van der Waals surface area contributed by atoms with Crippen LogP contribution in [0, 0.1) is 6.92 Å². The molecule has 0 bridgehead atoms. The normalized spacial score (nSPS) is 10.5. The van der Waals surface area contributed by atoms with Crippen molar-refractivity contribution in [3.8, 4) is 17.2 Å². The van der Waals surface area contributed by atoms with Crippen LogP contribution in [0.25, 0.3) is 0 Å². The van der Waals surface area contributed by atoms with E-state index in [2.05, 4.69) is 15.8 Å². The number of ether oxygens (including phenoxy) is 3. The van der Waals surface area contributed by atoms with Crippen LogP contribution < -0.4 is 25.0 Å². The molecule has 0 atom stereocenters. The Hall–Kier alpha value is -4.33. The minimum atomic E-state index is -0.425. The van der Waals surface area contributed by atoms with E-state index in [4.69, 9.17) is 14.2 Å². The van der Waals surface area contributed by atoms with Crippen molar-refractivity contribution in [1.29, 1.82) is 0 Å². The van der Waals surface area contributed by atoms with Gasteiger partial charge in [-0.1, -0.05) is 24.3 Å². The molecule has 0 saturated heterocycles. The first-order valence-corrected chi connectivity index (χ1v) is 10.1. The molecule has 3 aromatic carbocycles. The Bertz CT molecular complexity index is 1170. The van der Waals surface area contributed by atoms with Crippen LogP contribution in [0.2, 0.25) is 0 Å². The van der Waals surface area contributed by atoms with Gasteiger partial charge in [0.05, 0.1) is 27.5 Å². The zero-order chi connectivity index (χ0) is 23.8. The lowest BCUT2D eigenvalue weighted by atomic mass is 10.1. The average Bonchev–Trinajstić information content (AvgIpc) is 2.83. The van der Waals surface area contributed by atoms with E-state index in [1.807, 2.05) is 19.1 Å². The van der Waals surface area contributed by atoms with Crippen LogP contribution in [0.3, 0.4) is 0 Å². The number of benzene rings is 3. The topological polar surface area (TPSA) is 98.2 Å². The summed E-state index contributed by atoms with van der Waals surface area (Å²) in [4.78, 5) is 25.1. The molecule has 0 aliphatic rings. The minimum absolute atomic E-state index is 0.244. The first-order valence-electron chi connectivity index (χ1n) is 10.1. The first-order chi connectivity index (χ1) is 16.0. The van der Waals surface area contributed by atoms with Gasteiger partial charge in [0.25, 0.3) is 11.8 Å². The highest BCUT2D eigenvalue weighted by molar-refractivity contribution is 6.06. The molecule has 0 spiro atoms. The van der Waals surface area contributed by atoms with Gasteiger partial charge in [-0.3, -0.25) is 9.59 Å². The molecule has 0 heterocycles. The molecular weight excluding hydrogens is 422 g/mol. The van der Waals surface area contributed by atoms with Crippen LogP contribution in [0.15, 0.2) is 65.8 Å². The van der Waals surface area contributed by atoms with Crippen molar-refractivity contribution < 1.29 is 23.8 Å². The summed E-state index contributed by atoms with van der Waals surface area (Å²) in [5.41, 5.74) is 5.41. The van der Waals surface area contributed by atoms with E-state index in [0.717, 1.165) is 5.56 Å². The summed E-state index contributed by atoms with van der Waals surface area (Å²) in [5.74, 6) is 0.742. The molecule has 0 aliphatic heterocycles. The number of rotatable bonds is 8. The summed E-state index contributed by atoms with van der Waals surface area (Å²) in [7, 11) is 4.56. The predicted octanol–water partition coefficient (Wildman–Crippen LogP) is 4.04. The molecule has 3 aromatic rings. The van der Waals surface area contributed by atoms with Crippen LogP contribution in [0.1, 0.15) is 31.8 Å². The zero-order valence-corrected chi connectivity index (χ0v) is 18.8. The summed E-state index contributed by atoms with van der Waals surface area (Å²) in [6.07, 6.45) is 1.46. The molecule has 2 N–H and O–H groups in total. The fourth-order valence-corrected chi connectivity index (χ4v) is 3.17. The second-order valence-electron chi connectivity index (χ2n) is 7.01. The lowest BCUT2D eigenvalue weighted by Gasteiger charge is -2.12. The fraction of sp³-hybridized carbons (Fsp3) is 0.160. The van der Waals surface area contributed by atoms with E-state index in [1.54, 1.807) is 48.5 Å². The lowest BCUT2D eigenvalue weighted by Crippen LogP contribution is -2.18. The second-order valence-corrected chi connectivity index (χ2v) is 7.01. The van der Waals surface area contributed by atoms with Crippen LogP contribution >= 0.6 is 0 Å². The third kappa shape index (κ3) is 5.68. The molecule has 0 fully saturated rings. The molecule has 2 amide bonds. The van der Waals surface area contributed by atoms with Crippen molar-refractivity contribution in [3.63, 3.8) is 0 Å². The highest BCUT2D eigenvalue weighted by atomic mass is 16.5. The van der Waals surface area contributed by atoms with Gasteiger partial charge in [-0.2, -0.15) is 5.10 Å². The Morgan fingerprint density at radius 3 is 2.18 bits per heavy atom. The van der Waals surface area contributed by atoms with Crippen molar-refractivity contribution in [2.75, 3.05) is 26.6 Å². The van der Waals surface area contributed by atoms with Gasteiger partial charge in [0.1, 0.15) is 0 Å². The molecule has 0 radical (unpaired) electrons. The smallest absolute Gasteiger partial charge is 0.271 e. The van der Waals surface area contributed by atoms with E-state index < -0.39 is 5.91 Å². The number of nitrogens with one attached hydrogen (secondary N) is 2. The lowest BCUT2D eigenvalue weighted by molar-refractivity contribution is 0.0953. The van der Waals surface area contributed by atoms with Crippen molar-refractivity contribution in [3.05, 3.63) is 82.9 Å². The maximum atomic E-state index is 12.5. The van der Waals surface area contributed by atoms with E-state index in [0.29, 0.717) is 39.6 Å². The number of hydrogen-bond donors (Lipinski definition) is 2. The van der Waals surface area contributed by atoms with E-state index in [1.165, 1.54) is 27.5 Å². The number of hydrogen-bond acceptors (Lipinski definition) is 6. The SMILES string of the molecule is COc1cc(C=NNC(=O)c2cccc(NC(=O)c3ccccc3C)c2)cc(OC)c1OC. The number of anilines is 1. The Kier molecular flexibility index (Phi) is 7.64. The zero-order valence-electron chi connectivity index (χ0n) is 18.8. The molecule has 0 aromatic heterocycles. The Balaban J connectivity index is 1.70. The van der Waals surface area contributed by atoms with Crippen molar-refractivity contribution in [1.82, 2.24) is 5.43 Å². The van der Waals surface area contributed by atoms with Crippen molar-refractivity contribution >= 4 is 23.7 Å². The Labute approximate surface area is 192 Å². The van der Waals surface area contributed by atoms with Gasteiger partial charge in [0.2, 0.25) is 5.75 Å². The largest absolute Gasteiger partial charge is 0.493 e. The molecule has 0 aliphatic carbocycles. The highest BCUT2D eigenvalue weighted by Crippen LogP contribution is 2.37. The molecular formula is C25H25N3O5. The van der Waals surface area contributed by atoms with E-state index in [9.17, 15) is 9.59 Å². The molecule has 8 nitrogen and oxygen atoms in total. The third-order valence-corrected chi connectivity index (χ3v) is 4.84. The van der Waals surface area contributed by atoms with Gasteiger partial charge in [-0.05, 0) is 48.9 Å². The maximum Gasteiger partial charge on any atom is 0.271 e. The Morgan fingerprint density at radius 2 is 1.55 bits per heavy atom. The van der Waals surface area contributed by atoms with Crippen LogP contribution in [-0.2, 0) is 0 Å². The van der Waals surface area contributed by atoms with Gasteiger partial charge in [0.15, 0.2) is 11.5 Å². The summed E-state index contributed by atoms with van der Waals surface area (Å²) in [6, 6.07) is 17.3. The van der Waals surface area contributed by atoms with Crippen LogP contribution in [0.4, 0.5) is 5.69 Å². The van der Waals surface area contributed by atoms with E-state index in [-0.39, 0.29) is 5.91 Å². The molecule has 0 saturated carbocycles. The second kappa shape index (κ2) is 10.8. The number of hydrazone groups is 1. The summed E-state index contributed by atoms with van der Waals surface area (Å²) in [6.45, 7) is 1.87. The molecule has 8 heteroatoms. The molecule has 3 rings (SSSR count). The minimum Gasteiger partial charge on any atom is -0.493 e. The van der Waals surface area contributed by atoms with Gasteiger partial charge < -0.3 is 19.5 Å². The number of methoxy groups -OCH3 is 3. The van der Waals surface area contributed by atoms with Gasteiger partial charge >= 0.3 is 0 Å². The molecule has 170 valence electrons. The van der Waals surface area contributed by atoms with Gasteiger partial charge in [-0.15, -0.1) is 0 Å². The standard InChI is InChI=1S/C25H25N3O5/c1-16-8-5-6-11-20(16)25(30)27-19-10-7-9-18(14-19)24(29)28-26-15-17-12-21(31-2)23(33-4)22(13-17)32-3/h5-15H,1-4H3,(H,27,30)(H,28,29).